The fourth-order valence-corrected chi connectivity index (χ4v) is 1.92. The van der Waals surface area contributed by atoms with E-state index in [4.69, 9.17) is 9.15 Å². The zero-order valence-electron chi connectivity index (χ0n) is 11.0. The van der Waals surface area contributed by atoms with E-state index in [-0.39, 0.29) is 22.8 Å². The quantitative estimate of drug-likeness (QED) is 0.886. The highest BCUT2D eigenvalue weighted by Crippen LogP contribution is 2.30. The van der Waals surface area contributed by atoms with Crippen molar-refractivity contribution in [2.75, 3.05) is 7.11 Å². The number of aliphatic hydroxyl groups is 1. The van der Waals surface area contributed by atoms with Gasteiger partial charge in [-0.25, -0.2) is 4.79 Å². The lowest BCUT2D eigenvalue weighted by Crippen LogP contribution is -2.14. The van der Waals surface area contributed by atoms with Crippen molar-refractivity contribution in [1.29, 1.82) is 0 Å². The number of aliphatic hydroxyl groups excluding tert-OH is 1. The Hall–Kier alpha value is -2.01. The second-order valence-electron chi connectivity index (χ2n) is 4.58. The van der Waals surface area contributed by atoms with Crippen LogP contribution in [0.5, 0.6) is 11.5 Å². The number of aromatic hydroxyl groups is 1. The number of fused-ring (bicyclic) bond motifs is 1. The summed E-state index contributed by atoms with van der Waals surface area (Å²) in [5, 5.41) is 20.0. The molecule has 1 heterocycles. The molecular formula is C14H16O5. The first-order valence-corrected chi connectivity index (χ1v) is 5.97. The number of phenolic OH excluding ortho intramolecular Hbond substituents is 1. The highest BCUT2D eigenvalue weighted by Gasteiger charge is 2.18. The van der Waals surface area contributed by atoms with Crippen LogP contribution in [0.1, 0.15) is 25.5 Å². The van der Waals surface area contributed by atoms with Crippen LogP contribution in [-0.4, -0.2) is 23.4 Å². The van der Waals surface area contributed by atoms with Crippen LogP contribution >= 0.6 is 0 Å². The Morgan fingerprint density at radius 2 is 1.95 bits per heavy atom. The average molecular weight is 264 g/mol. The molecule has 2 aromatic rings. The largest absolute Gasteiger partial charge is 0.508 e. The molecule has 0 aliphatic carbocycles. The Bertz CT molecular complexity index is 657. The summed E-state index contributed by atoms with van der Waals surface area (Å²) < 4.78 is 10.3. The third kappa shape index (κ3) is 2.42. The van der Waals surface area contributed by atoms with Gasteiger partial charge < -0.3 is 19.4 Å². The molecule has 0 unspecified atom stereocenters. The molecule has 1 aromatic carbocycles. The molecule has 0 radical (unpaired) electrons. The molecule has 0 aliphatic rings. The highest BCUT2D eigenvalue weighted by molar-refractivity contribution is 5.88. The fraction of sp³-hybridized carbons (Fsp3) is 0.357. The second kappa shape index (κ2) is 4.93. The van der Waals surface area contributed by atoms with Gasteiger partial charge in [0, 0.05) is 12.0 Å². The first-order chi connectivity index (χ1) is 8.93. The van der Waals surface area contributed by atoms with Crippen LogP contribution in [0.3, 0.4) is 0 Å². The molecule has 19 heavy (non-hydrogen) atoms. The predicted molar refractivity (Wildman–Crippen MR) is 70.8 cm³/mol. The Labute approximate surface area is 110 Å². The predicted octanol–water partition coefficient (Wildman–Crippen LogP) is 1.99. The summed E-state index contributed by atoms with van der Waals surface area (Å²) in [5.74, 6) is 0.330. The lowest BCUT2D eigenvalue weighted by atomic mass is 10.0. The van der Waals surface area contributed by atoms with Crippen molar-refractivity contribution in [3.8, 4) is 11.5 Å². The minimum absolute atomic E-state index is 0.00519. The molecule has 0 fully saturated rings. The van der Waals surface area contributed by atoms with Gasteiger partial charge in [-0.3, -0.25) is 0 Å². The van der Waals surface area contributed by atoms with E-state index in [2.05, 4.69) is 0 Å². The minimum Gasteiger partial charge on any atom is -0.508 e. The van der Waals surface area contributed by atoms with Gasteiger partial charge in [0.1, 0.15) is 22.6 Å². The van der Waals surface area contributed by atoms with Crippen LogP contribution in [0.2, 0.25) is 0 Å². The van der Waals surface area contributed by atoms with Crippen molar-refractivity contribution in [2.45, 2.75) is 25.9 Å². The summed E-state index contributed by atoms with van der Waals surface area (Å²) >= 11 is 0. The van der Waals surface area contributed by atoms with E-state index in [1.807, 2.05) is 0 Å². The van der Waals surface area contributed by atoms with Gasteiger partial charge in [0.15, 0.2) is 0 Å². The third-order valence-corrected chi connectivity index (χ3v) is 3.22. The van der Waals surface area contributed by atoms with Gasteiger partial charge in [-0.2, -0.15) is 0 Å². The maximum absolute atomic E-state index is 12.0. The number of rotatable bonds is 3. The van der Waals surface area contributed by atoms with Crippen molar-refractivity contribution in [1.82, 2.24) is 0 Å². The molecule has 102 valence electrons. The van der Waals surface area contributed by atoms with E-state index in [1.54, 1.807) is 19.9 Å². The summed E-state index contributed by atoms with van der Waals surface area (Å²) in [7, 11) is 1.42. The topological polar surface area (TPSA) is 79.9 Å². The van der Waals surface area contributed by atoms with Gasteiger partial charge >= 0.3 is 5.63 Å². The Balaban J connectivity index is 2.74. The van der Waals surface area contributed by atoms with Gasteiger partial charge in [-0.05, 0) is 24.4 Å². The summed E-state index contributed by atoms with van der Waals surface area (Å²) in [6.45, 7) is 3.38. The van der Waals surface area contributed by atoms with Crippen molar-refractivity contribution in [3.05, 3.63) is 34.4 Å². The van der Waals surface area contributed by atoms with Gasteiger partial charge in [0.05, 0.1) is 13.2 Å². The number of hydrogen-bond acceptors (Lipinski definition) is 5. The summed E-state index contributed by atoms with van der Waals surface area (Å²) in [5.41, 5.74) is -0.545. The van der Waals surface area contributed by atoms with E-state index in [0.717, 1.165) is 0 Å². The molecule has 0 amide bonds. The Morgan fingerprint density at radius 3 is 2.53 bits per heavy atom. The normalized spacial score (nSPS) is 14.3. The maximum Gasteiger partial charge on any atom is 0.347 e. The number of phenols is 1. The fourth-order valence-electron chi connectivity index (χ4n) is 1.92. The van der Waals surface area contributed by atoms with Gasteiger partial charge in [0.2, 0.25) is 0 Å². The Morgan fingerprint density at radius 1 is 1.26 bits per heavy atom. The van der Waals surface area contributed by atoms with Crippen molar-refractivity contribution < 1.29 is 19.4 Å². The zero-order valence-corrected chi connectivity index (χ0v) is 11.0. The van der Waals surface area contributed by atoms with E-state index < -0.39 is 11.7 Å². The monoisotopic (exact) mass is 264 g/mol. The number of methoxy groups -OCH3 is 1. The molecule has 0 aliphatic heterocycles. The van der Waals surface area contributed by atoms with Crippen LogP contribution in [-0.2, 0) is 0 Å². The van der Waals surface area contributed by atoms with Gasteiger partial charge in [0.25, 0.3) is 0 Å². The van der Waals surface area contributed by atoms with Crippen molar-refractivity contribution in [2.24, 2.45) is 0 Å². The first-order valence-electron chi connectivity index (χ1n) is 5.97. The number of benzene rings is 1. The summed E-state index contributed by atoms with van der Waals surface area (Å²) in [6.07, 6.45) is -0.639. The molecule has 0 saturated carbocycles. The lowest BCUT2D eigenvalue weighted by Gasteiger charge is -2.14. The summed E-state index contributed by atoms with van der Waals surface area (Å²) in [4.78, 5) is 12.0. The van der Waals surface area contributed by atoms with E-state index in [9.17, 15) is 15.0 Å². The lowest BCUT2D eigenvalue weighted by molar-refractivity contribution is 0.156. The summed E-state index contributed by atoms with van der Waals surface area (Å²) in [6, 6.07) is 4.46. The third-order valence-electron chi connectivity index (χ3n) is 3.22. The molecule has 5 nitrogen and oxygen atoms in total. The van der Waals surface area contributed by atoms with Crippen LogP contribution in [0.4, 0.5) is 0 Å². The number of ether oxygens (including phenoxy) is 1. The van der Waals surface area contributed by atoms with Crippen LogP contribution in [0.15, 0.2) is 27.4 Å². The Kier molecular flexibility index (Phi) is 3.48. The first kappa shape index (κ1) is 13.4. The van der Waals surface area contributed by atoms with E-state index in [1.165, 1.54) is 19.2 Å². The van der Waals surface area contributed by atoms with E-state index in [0.29, 0.717) is 11.1 Å². The van der Waals surface area contributed by atoms with Gasteiger partial charge in [-0.1, -0.05) is 6.92 Å². The smallest absolute Gasteiger partial charge is 0.347 e. The van der Waals surface area contributed by atoms with Crippen LogP contribution in [0, 0.1) is 0 Å². The minimum atomic E-state index is -0.639. The molecule has 5 heteroatoms. The van der Waals surface area contributed by atoms with Crippen LogP contribution < -0.4 is 10.4 Å². The van der Waals surface area contributed by atoms with Gasteiger partial charge in [-0.15, -0.1) is 0 Å². The maximum atomic E-state index is 12.0. The SMILES string of the molecule is COc1cc(O)cc2cc([C@H](C)[C@H](C)O)oc(=O)c12. The van der Waals surface area contributed by atoms with Crippen molar-refractivity contribution >= 4 is 10.8 Å². The number of hydrogen-bond donors (Lipinski definition) is 2. The molecule has 1 aromatic heterocycles. The molecule has 2 atom stereocenters. The molecule has 0 saturated heterocycles. The molecule has 0 bridgehead atoms. The van der Waals surface area contributed by atoms with Crippen molar-refractivity contribution in [3.63, 3.8) is 0 Å². The molecule has 0 spiro atoms. The second-order valence-corrected chi connectivity index (χ2v) is 4.58. The molecule has 2 N–H and O–H groups in total. The van der Waals surface area contributed by atoms with Crippen LogP contribution in [0.25, 0.3) is 10.8 Å². The standard InChI is InChI=1S/C14H16O5/c1-7(8(2)15)11-5-9-4-10(16)6-12(18-3)13(9)14(17)19-11/h4-8,15-16H,1-3H3/t7-,8+/m1/s1. The molecule has 2 rings (SSSR count). The zero-order chi connectivity index (χ0) is 14.2. The molecular weight excluding hydrogens is 248 g/mol. The van der Waals surface area contributed by atoms with E-state index >= 15 is 0 Å². The highest BCUT2D eigenvalue weighted by atomic mass is 16.5. The average Bonchev–Trinajstić information content (AvgIpc) is 2.35.